The van der Waals surface area contributed by atoms with Crippen LogP contribution in [-0.4, -0.2) is 12.1 Å². The normalized spacial score (nSPS) is 15.0. The number of hydrogen-bond acceptors (Lipinski definition) is 4. The third kappa shape index (κ3) is 3.43. The predicted molar refractivity (Wildman–Crippen MR) is 113 cm³/mol. The lowest BCUT2D eigenvalue weighted by molar-refractivity contribution is 0.391. The molecule has 1 aliphatic carbocycles. The van der Waals surface area contributed by atoms with Crippen molar-refractivity contribution in [3.05, 3.63) is 70.3 Å². The van der Waals surface area contributed by atoms with Crippen molar-refractivity contribution in [3.8, 4) is 18.0 Å². The van der Waals surface area contributed by atoms with Crippen LogP contribution in [0.1, 0.15) is 47.6 Å². The minimum absolute atomic E-state index is 0.534. The Hall–Kier alpha value is -3.37. The van der Waals surface area contributed by atoms with Crippen LogP contribution in [0.5, 0.6) is 5.88 Å². The van der Waals surface area contributed by atoms with Gasteiger partial charge in [0.25, 0.3) is 0 Å². The van der Waals surface area contributed by atoms with E-state index >= 15 is 0 Å². The Morgan fingerprint density at radius 3 is 2.59 bits per heavy atom. The Balaban J connectivity index is 1.79. The van der Waals surface area contributed by atoms with Gasteiger partial charge in [0.1, 0.15) is 0 Å². The van der Waals surface area contributed by atoms with Gasteiger partial charge in [-0.25, -0.2) is 4.98 Å². The van der Waals surface area contributed by atoms with Crippen LogP contribution in [0.15, 0.2) is 42.5 Å². The van der Waals surface area contributed by atoms with Gasteiger partial charge in [-0.1, -0.05) is 24.3 Å². The first kappa shape index (κ1) is 19.0. The summed E-state index contributed by atoms with van der Waals surface area (Å²) >= 11 is 0. The summed E-state index contributed by atoms with van der Waals surface area (Å²) in [5.74, 6) is 0.713. The predicted octanol–water partition coefficient (Wildman–Crippen LogP) is 5.02. The molecular weight excluding hydrogens is 358 g/mol. The van der Waals surface area contributed by atoms with Gasteiger partial charge < -0.3 is 4.74 Å². The third-order valence-corrected chi connectivity index (χ3v) is 5.96. The molecule has 0 N–H and O–H groups in total. The maximum Gasteiger partial charge on any atom is 0.217 e. The number of fused-ring (bicyclic) bond motifs is 3. The van der Waals surface area contributed by atoms with Crippen LogP contribution in [0.4, 0.5) is 0 Å². The molecule has 0 spiro atoms. The highest BCUT2D eigenvalue weighted by molar-refractivity contribution is 5.85. The molecular formula is C25H23N3O. The van der Waals surface area contributed by atoms with Crippen LogP contribution < -0.4 is 4.74 Å². The van der Waals surface area contributed by atoms with Gasteiger partial charge in [0.2, 0.25) is 5.88 Å². The summed E-state index contributed by atoms with van der Waals surface area (Å²) < 4.78 is 5.59. The number of pyridine rings is 1. The van der Waals surface area contributed by atoms with E-state index in [1.165, 1.54) is 24.0 Å². The number of aryl methyl sites for hydroxylation is 1. The highest BCUT2D eigenvalue weighted by Crippen LogP contribution is 2.36. The summed E-state index contributed by atoms with van der Waals surface area (Å²) in [5.41, 5.74) is 5.25. The van der Waals surface area contributed by atoms with Crippen LogP contribution in [0, 0.1) is 22.7 Å². The maximum atomic E-state index is 10.0. The van der Waals surface area contributed by atoms with Gasteiger partial charge in [-0.2, -0.15) is 10.5 Å². The first-order valence-electron chi connectivity index (χ1n) is 9.98. The van der Waals surface area contributed by atoms with Crippen molar-refractivity contribution in [2.75, 3.05) is 7.11 Å². The van der Waals surface area contributed by atoms with Crippen LogP contribution in [0.2, 0.25) is 0 Å². The van der Waals surface area contributed by atoms with Crippen molar-refractivity contribution in [3.63, 3.8) is 0 Å². The zero-order valence-electron chi connectivity index (χ0n) is 16.8. The molecule has 0 aliphatic heterocycles. The number of ether oxygens (including phenoxy) is 1. The van der Waals surface area contributed by atoms with Crippen molar-refractivity contribution < 1.29 is 4.74 Å². The summed E-state index contributed by atoms with van der Waals surface area (Å²) in [6.45, 7) is 1.95. The minimum atomic E-state index is -0.715. The van der Waals surface area contributed by atoms with E-state index in [2.05, 4.69) is 24.3 Å². The minimum Gasteiger partial charge on any atom is -0.481 e. The molecule has 0 saturated carbocycles. The molecule has 29 heavy (non-hydrogen) atoms. The van der Waals surface area contributed by atoms with E-state index < -0.39 is 5.41 Å². The first-order chi connectivity index (χ1) is 14.1. The highest BCUT2D eigenvalue weighted by atomic mass is 16.5. The fourth-order valence-corrected chi connectivity index (χ4v) is 4.37. The lowest BCUT2D eigenvalue weighted by Gasteiger charge is -2.24. The van der Waals surface area contributed by atoms with E-state index in [1.54, 1.807) is 13.2 Å². The van der Waals surface area contributed by atoms with Gasteiger partial charge in [0, 0.05) is 10.9 Å². The quantitative estimate of drug-likeness (QED) is 0.636. The third-order valence-electron chi connectivity index (χ3n) is 5.96. The molecule has 4 heteroatoms. The van der Waals surface area contributed by atoms with Gasteiger partial charge in [0.05, 0.1) is 35.7 Å². The molecule has 1 aliphatic rings. The van der Waals surface area contributed by atoms with Gasteiger partial charge >= 0.3 is 0 Å². The summed E-state index contributed by atoms with van der Waals surface area (Å²) in [6, 6.07) is 18.3. The molecule has 144 valence electrons. The molecule has 0 amide bonds. The molecule has 2 aromatic carbocycles. The molecule has 1 atom stereocenters. The molecule has 0 saturated heterocycles. The lowest BCUT2D eigenvalue weighted by atomic mass is 9.77. The van der Waals surface area contributed by atoms with E-state index in [0.29, 0.717) is 17.9 Å². The molecule has 0 bridgehead atoms. The van der Waals surface area contributed by atoms with Crippen molar-refractivity contribution in [2.45, 2.75) is 44.4 Å². The van der Waals surface area contributed by atoms with E-state index in [0.717, 1.165) is 34.9 Å². The Morgan fingerprint density at radius 2 is 1.86 bits per heavy atom. The second kappa shape index (κ2) is 7.57. The molecule has 1 aromatic heterocycles. The van der Waals surface area contributed by atoms with Crippen molar-refractivity contribution >= 4 is 10.9 Å². The van der Waals surface area contributed by atoms with Gasteiger partial charge in [-0.15, -0.1) is 0 Å². The molecule has 1 heterocycles. The van der Waals surface area contributed by atoms with Crippen LogP contribution in [0.25, 0.3) is 10.9 Å². The molecule has 0 radical (unpaired) electrons. The van der Waals surface area contributed by atoms with E-state index in [9.17, 15) is 5.26 Å². The zero-order valence-corrected chi connectivity index (χ0v) is 16.8. The Morgan fingerprint density at radius 1 is 1.07 bits per heavy atom. The summed E-state index contributed by atoms with van der Waals surface area (Å²) in [7, 11) is 1.68. The molecule has 0 fully saturated rings. The average Bonchev–Trinajstić information content (AvgIpc) is 2.78. The maximum absolute atomic E-state index is 10.0. The van der Waals surface area contributed by atoms with Gasteiger partial charge in [-0.3, -0.25) is 0 Å². The lowest BCUT2D eigenvalue weighted by Crippen LogP contribution is -2.23. The Kier molecular flexibility index (Phi) is 4.95. The van der Waals surface area contributed by atoms with Crippen LogP contribution in [-0.2, 0) is 24.7 Å². The zero-order chi connectivity index (χ0) is 20.4. The van der Waals surface area contributed by atoms with Crippen LogP contribution >= 0.6 is 0 Å². The number of nitrogens with zero attached hydrogens (tertiary/aromatic N) is 3. The SMILES string of the molecule is COc1nc2cc(C(C)(C#N)Cc3cccc(C#N)c3)ccc2c2c1CCCC2. The Bertz CT molecular complexity index is 1170. The van der Waals surface area contributed by atoms with Crippen molar-refractivity contribution in [1.29, 1.82) is 10.5 Å². The molecule has 4 rings (SSSR count). The van der Waals surface area contributed by atoms with Crippen molar-refractivity contribution in [1.82, 2.24) is 4.98 Å². The average molecular weight is 381 g/mol. The van der Waals surface area contributed by atoms with Crippen LogP contribution in [0.3, 0.4) is 0 Å². The van der Waals surface area contributed by atoms with E-state index in [4.69, 9.17) is 15.0 Å². The highest BCUT2D eigenvalue weighted by Gasteiger charge is 2.28. The monoisotopic (exact) mass is 381 g/mol. The molecule has 1 unspecified atom stereocenters. The van der Waals surface area contributed by atoms with Gasteiger partial charge in [-0.05, 0) is 73.9 Å². The van der Waals surface area contributed by atoms with Crippen molar-refractivity contribution in [2.24, 2.45) is 0 Å². The first-order valence-corrected chi connectivity index (χ1v) is 9.98. The second-order valence-corrected chi connectivity index (χ2v) is 7.95. The Labute approximate surface area is 171 Å². The number of aromatic nitrogens is 1. The van der Waals surface area contributed by atoms with Gasteiger partial charge in [0.15, 0.2) is 0 Å². The molecule has 4 nitrogen and oxygen atoms in total. The smallest absolute Gasteiger partial charge is 0.217 e. The number of benzene rings is 2. The number of hydrogen-bond donors (Lipinski definition) is 0. The number of nitriles is 2. The number of rotatable bonds is 4. The topological polar surface area (TPSA) is 69.7 Å². The summed E-state index contributed by atoms with van der Waals surface area (Å²) in [6.07, 6.45) is 4.94. The summed E-state index contributed by atoms with van der Waals surface area (Å²) in [4.78, 5) is 4.78. The summed E-state index contributed by atoms with van der Waals surface area (Å²) in [5, 5.41) is 20.4. The van der Waals surface area contributed by atoms with E-state index in [-0.39, 0.29) is 0 Å². The largest absolute Gasteiger partial charge is 0.481 e. The molecule has 3 aromatic rings. The van der Waals surface area contributed by atoms with E-state index in [1.807, 2.05) is 31.2 Å². The fraction of sp³-hybridized carbons (Fsp3) is 0.320. The second-order valence-electron chi connectivity index (χ2n) is 7.95. The number of methoxy groups -OCH3 is 1. The fourth-order valence-electron chi connectivity index (χ4n) is 4.37. The standard InChI is InChI=1S/C25H23N3O/c1-25(16-27,14-17-6-5-7-18(12-17)15-26)19-10-11-21-20-8-3-4-9-22(20)24(29-2)28-23(21)13-19/h5-7,10-13H,3-4,8-9,14H2,1-2H3.